The lowest BCUT2D eigenvalue weighted by Gasteiger charge is -2.07. The molecule has 0 bridgehead atoms. The Morgan fingerprint density at radius 3 is 2.35 bits per heavy atom. The molecule has 100 valence electrons. The van der Waals surface area contributed by atoms with Gasteiger partial charge in [0.2, 0.25) is 5.91 Å². The van der Waals surface area contributed by atoms with Crippen LogP contribution in [0.1, 0.15) is 25.7 Å². The smallest absolute Gasteiger partial charge is 0.338 e. The second kappa shape index (κ2) is 8.16. The van der Waals surface area contributed by atoms with Gasteiger partial charge in [-0.1, -0.05) is 0 Å². The number of amides is 3. The van der Waals surface area contributed by atoms with E-state index in [0.717, 1.165) is 0 Å². The summed E-state index contributed by atoms with van der Waals surface area (Å²) in [6, 6.07) is -0.716. The number of carbonyl (C=O) groups is 2. The van der Waals surface area contributed by atoms with E-state index in [0.29, 0.717) is 0 Å². The van der Waals surface area contributed by atoms with Gasteiger partial charge in [0.05, 0.1) is 0 Å². The Balaban J connectivity index is 3.49. The van der Waals surface area contributed by atoms with Gasteiger partial charge in [0.15, 0.2) is 0 Å². The molecular formula is C9H14ClF3N2O2. The molecule has 0 aromatic carbocycles. The van der Waals surface area contributed by atoms with Crippen LogP contribution in [0.25, 0.3) is 0 Å². The molecule has 4 nitrogen and oxygen atoms in total. The van der Waals surface area contributed by atoms with Crippen LogP contribution >= 0.6 is 11.6 Å². The van der Waals surface area contributed by atoms with E-state index >= 15 is 0 Å². The topological polar surface area (TPSA) is 58.2 Å². The number of hydrogen-bond donors (Lipinski definition) is 2. The number of carbonyl (C=O) groups excluding carboxylic acids is 2. The summed E-state index contributed by atoms with van der Waals surface area (Å²) in [5.41, 5.74) is 0. The number of nitrogens with one attached hydrogen (secondary N) is 2. The molecule has 0 heterocycles. The van der Waals surface area contributed by atoms with Crippen LogP contribution in [0.4, 0.5) is 18.0 Å². The molecule has 0 unspecified atom stereocenters. The van der Waals surface area contributed by atoms with E-state index in [-0.39, 0.29) is 31.7 Å². The van der Waals surface area contributed by atoms with Crippen molar-refractivity contribution in [2.45, 2.75) is 31.9 Å². The first kappa shape index (κ1) is 16.0. The number of urea groups is 1. The molecule has 0 aliphatic rings. The highest BCUT2D eigenvalue weighted by Gasteiger charge is 2.25. The van der Waals surface area contributed by atoms with Gasteiger partial charge in [0.1, 0.15) is 0 Å². The third kappa shape index (κ3) is 11.3. The number of halogens is 4. The highest BCUT2D eigenvalue weighted by atomic mass is 35.5. The van der Waals surface area contributed by atoms with E-state index in [2.05, 4.69) is 5.32 Å². The van der Waals surface area contributed by atoms with Crippen molar-refractivity contribution in [3.63, 3.8) is 0 Å². The van der Waals surface area contributed by atoms with Gasteiger partial charge in [-0.05, 0) is 12.8 Å². The molecule has 0 spiro atoms. The van der Waals surface area contributed by atoms with E-state index in [1.807, 2.05) is 5.32 Å². The van der Waals surface area contributed by atoms with Gasteiger partial charge in [0.25, 0.3) is 0 Å². The summed E-state index contributed by atoms with van der Waals surface area (Å²) in [5, 5.41) is 4.27. The van der Waals surface area contributed by atoms with Crippen molar-refractivity contribution in [3.05, 3.63) is 0 Å². The molecule has 0 aliphatic carbocycles. The molecular weight excluding hydrogens is 261 g/mol. The number of rotatable bonds is 6. The first-order chi connectivity index (χ1) is 7.85. The molecule has 0 saturated carbocycles. The zero-order valence-electron chi connectivity index (χ0n) is 9.07. The van der Waals surface area contributed by atoms with Gasteiger partial charge in [-0.15, -0.1) is 11.6 Å². The van der Waals surface area contributed by atoms with Gasteiger partial charge < -0.3 is 5.32 Å². The van der Waals surface area contributed by atoms with E-state index < -0.39 is 24.5 Å². The van der Waals surface area contributed by atoms with Crippen LogP contribution in [0.15, 0.2) is 0 Å². The summed E-state index contributed by atoms with van der Waals surface area (Å²) in [5.74, 6) is -0.419. The van der Waals surface area contributed by atoms with Crippen molar-refractivity contribution in [2.24, 2.45) is 0 Å². The van der Waals surface area contributed by atoms with Crippen LogP contribution in [0, 0.1) is 0 Å². The third-order valence-electron chi connectivity index (χ3n) is 1.75. The van der Waals surface area contributed by atoms with E-state index in [4.69, 9.17) is 11.6 Å². The van der Waals surface area contributed by atoms with Crippen LogP contribution in [-0.2, 0) is 4.79 Å². The molecule has 3 amide bonds. The van der Waals surface area contributed by atoms with Crippen molar-refractivity contribution < 1.29 is 22.8 Å². The minimum absolute atomic E-state index is 0.0169. The highest BCUT2D eigenvalue weighted by Crippen LogP contribution is 2.21. The normalized spacial score (nSPS) is 11.1. The fraction of sp³-hybridized carbons (Fsp3) is 0.778. The maximum atomic E-state index is 11.7. The minimum Gasteiger partial charge on any atom is -0.338 e. The Hall–Kier alpha value is -0.980. The third-order valence-corrected chi connectivity index (χ3v) is 1.94. The summed E-state index contributed by atoms with van der Waals surface area (Å²) < 4.78 is 35.2. The lowest BCUT2D eigenvalue weighted by molar-refractivity contribution is -0.135. The number of alkyl halides is 4. The van der Waals surface area contributed by atoms with Crippen LogP contribution in [0.3, 0.4) is 0 Å². The molecule has 0 aliphatic heterocycles. The predicted molar refractivity (Wildman–Crippen MR) is 56.8 cm³/mol. The van der Waals surface area contributed by atoms with Gasteiger partial charge in [0, 0.05) is 25.3 Å². The molecule has 8 heteroatoms. The Morgan fingerprint density at radius 2 is 1.82 bits per heavy atom. The molecule has 17 heavy (non-hydrogen) atoms. The largest absolute Gasteiger partial charge is 0.389 e. The van der Waals surface area contributed by atoms with Crippen LogP contribution in [0.2, 0.25) is 0 Å². The molecule has 0 saturated heterocycles. The van der Waals surface area contributed by atoms with Crippen LogP contribution in [-0.4, -0.2) is 30.5 Å². The maximum absolute atomic E-state index is 11.7. The number of imide groups is 1. The molecule has 0 rings (SSSR count). The van der Waals surface area contributed by atoms with Crippen molar-refractivity contribution in [1.29, 1.82) is 0 Å². The van der Waals surface area contributed by atoms with Gasteiger partial charge >= 0.3 is 12.2 Å². The molecule has 0 aromatic heterocycles. The first-order valence-corrected chi connectivity index (χ1v) is 5.59. The van der Waals surface area contributed by atoms with Gasteiger partial charge in [-0.2, -0.15) is 13.2 Å². The highest BCUT2D eigenvalue weighted by molar-refractivity contribution is 6.19. The summed E-state index contributed by atoms with van der Waals surface area (Å²) >= 11 is 5.27. The number of unbranched alkanes of at least 4 members (excludes halogenated alkanes) is 1. The van der Waals surface area contributed by atoms with E-state index in [1.54, 1.807) is 0 Å². The Labute approximate surface area is 102 Å². The average Bonchev–Trinajstić information content (AvgIpc) is 2.15. The SMILES string of the molecule is O=C(CCCl)NC(=O)NCCCCC(F)(F)F. The van der Waals surface area contributed by atoms with Crippen molar-refractivity contribution in [1.82, 2.24) is 10.6 Å². The van der Waals surface area contributed by atoms with Crippen LogP contribution in [0.5, 0.6) is 0 Å². The second-order valence-electron chi connectivity index (χ2n) is 3.32. The van der Waals surface area contributed by atoms with Gasteiger partial charge in [-0.3, -0.25) is 10.1 Å². The molecule has 0 fully saturated rings. The molecule has 0 aromatic rings. The lowest BCUT2D eigenvalue weighted by atomic mass is 10.2. The Bertz CT molecular complexity index is 259. The van der Waals surface area contributed by atoms with Crippen molar-refractivity contribution in [2.75, 3.05) is 12.4 Å². The fourth-order valence-electron chi connectivity index (χ4n) is 0.972. The average molecular weight is 275 g/mol. The zero-order chi connectivity index (χ0) is 13.3. The Kier molecular flexibility index (Phi) is 7.69. The number of hydrogen-bond acceptors (Lipinski definition) is 2. The summed E-state index contributed by atoms with van der Waals surface area (Å²) in [4.78, 5) is 21.8. The predicted octanol–water partition coefficient (Wildman–Crippen LogP) is 2.17. The lowest BCUT2D eigenvalue weighted by Crippen LogP contribution is -2.39. The molecule has 0 atom stereocenters. The van der Waals surface area contributed by atoms with Crippen molar-refractivity contribution in [3.8, 4) is 0 Å². The zero-order valence-corrected chi connectivity index (χ0v) is 9.83. The monoisotopic (exact) mass is 274 g/mol. The van der Waals surface area contributed by atoms with Crippen LogP contribution < -0.4 is 10.6 Å². The van der Waals surface area contributed by atoms with E-state index in [1.165, 1.54) is 0 Å². The summed E-state index contributed by atoms with van der Waals surface area (Å²) in [6.45, 7) is 0.0933. The molecule has 0 radical (unpaired) electrons. The standard InChI is InChI=1S/C9H14ClF3N2O2/c10-5-3-7(16)15-8(17)14-6-2-1-4-9(11,12)13/h1-6H2,(H2,14,15,16,17). The fourth-order valence-corrected chi connectivity index (χ4v) is 1.14. The second-order valence-corrected chi connectivity index (χ2v) is 3.69. The van der Waals surface area contributed by atoms with E-state index in [9.17, 15) is 22.8 Å². The van der Waals surface area contributed by atoms with Crippen molar-refractivity contribution >= 4 is 23.5 Å². The molecule has 2 N–H and O–H groups in total. The maximum Gasteiger partial charge on any atom is 0.389 e. The van der Waals surface area contributed by atoms with Gasteiger partial charge in [-0.25, -0.2) is 4.79 Å². The Morgan fingerprint density at radius 1 is 1.18 bits per heavy atom. The summed E-state index contributed by atoms with van der Waals surface area (Å²) in [7, 11) is 0. The minimum atomic E-state index is -4.17. The quantitative estimate of drug-likeness (QED) is 0.576. The summed E-state index contributed by atoms with van der Waals surface area (Å²) in [6.07, 6.45) is -4.88. The first-order valence-electron chi connectivity index (χ1n) is 5.05.